The number of carbonyl (C=O) groups is 5. The average Bonchev–Trinajstić information content (AvgIpc) is 3.70. The standard InChI is InChI=1S/C38H54N6O9/c1-24(11-15-41(8)35(50)52-37(2,3)4)28(32(45)46)19-25-9-13-39-30(21-25)43-17-18-44(34(43)49)31-22-26(10-14-40-31)20-29(33(47)48)27-12-16-42(23-27)36(51)53-38(5,6)7/h9-10,13-14,21-22,24,27-29H,11-12,15-20,23H2,1-8H3,(H,45,46)(H,47,48)/t24-,27+,28+,29+/m1/s1. The Kier molecular flexibility index (Phi) is 12.9. The monoisotopic (exact) mass is 738 g/mol. The van der Waals surface area contributed by atoms with Gasteiger partial charge in [0.05, 0.1) is 11.8 Å². The molecular weight excluding hydrogens is 684 g/mol. The van der Waals surface area contributed by atoms with Gasteiger partial charge in [0.25, 0.3) is 0 Å². The number of rotatable bonds is 13. The lowest BCUT2D eigenvalue weighted by Crippen LogP contribution is -2.36. The van der Waals surface area contributed by atoms with E-state index >= 15 is 0 Å². The van der Waals surface area contributed by atoms with E-state index < -0.39 is 47.2 Å². The summed E-state index contributed by atoms with van der Waals surface area (Å²) in [6.45, 7) is 14.2. The molecular formula is C38H54N6O9. The highest BCUT2D eigenvalue weighted by Crippen LogP contribution is 2.31. The van der Waals surface area contributed by atoms with E-state index in [1.807, 2.05) is 6.92 Å². The summed E-state index contributed by atoms with van der Waals surface area (Å²) in [6, 6.07) is 6.56. The van der Waals surface area contributed by atoms with E-state index in [1.165, 1.54) is 14.7 Å². The summed E-state index contributed by atoms with van der Waals surface area (Å²) >= 11 is 0. The van der Waals surface area contributed by atoms with Gasteiger partial charge in [0.15, 0.2) is 0 Å². The van der Waals surface area contributed by atoms with Crippen molar-refractivity contribution in [2.24, 2.45) is 23.7 Å². The van der Waals surface area contributed by atoms with E-state index in [-0.39, 0.29) is 37.3 Å². The molecule has 2 fully saturated rings. The van der Waals surface area contributed by atoms with Crippen molar-refractivity contribution >= 4 is 41.8 Å². The third-order valence-corrected chi connectivity index (χ3v) is 9.48. The second kappa shape index (κ2) is 16.8. The fourth-order valence-corrected chi connectivity index (χ4v) is 6.57. The number of aromatic nitrogens is 2. The topological polar surface area (TPSA) is 183 Å². The molecule has 2 aliphatic rings. The van der Waals surface area contributed by atoms with Gasteiger partial charge in [-0.3, -0.25) is 19.4 Å². The Morgan fingerprint density at radius 1 is 0.868 bits per heavy atom. The Bertz CT molecular complexity index is 1650. The lowest BCUT2D eigenvalue weighted by atomic mass is 9.86. The molecule has 0 aliphatic carbocycles. The normalized spacial score (nSPS) is 18.1. The zero-order chi connectivity index (χ0) is 39.2. The number of hydrogen-bond donors (Lipinski definition) is 2. The van der Waals surface area contributed by atoms with Crippen LogP contribution in [0.15, 0.2) is 36.7 Å². The SMILES string of the molecule is C[C@H](CCN(C)C(=O)OC(C)(C)C)[C@H](Cc1ccnc(N2CCN(c3cc(C[C@H](C(=O)O)[C@H]4CCN(C(=O)OC(C)(C)C)C4)ccn3)C2=O)c1)C(=O)O. The Morgan fingerprint density at radius 2 is 1.42 bits per heavy atom. The highest BCUT2D eigenvalue weighted by Gasteiger charge is 2.38. The number of pyridine rings is 2. The second-order valence-electron chi connectivity index (χ2n) is 16.1. The number of urea groups is 1. The van der Waals surface area contributed by atoms with Crippen LogP contribution in [0.1, 0.15) is 72.4 Å². The number of anilines is 2. The van der Waals surface area contributed by atoms with Gasteiger partial charge in [0.1, 0.15) is 22.8 Å². The maximum Gasteiger partial charge on any atom is 0.410 e. The highest BCUT2D eigenvalue weighted by molar-refractivity contribution is 6.05. The average molecular weight is 739 g/mol. The molecule has 0 bridgehead atoms. The molecule has 2 saturated heterocycles. The highest BCUT2D eigenvalue weighted by atomic mass is 16.6. The molecule has 4 amide bonds. The van der Waals surface area contributed by atoms with Crippen LogP contribution in [0.3, 0.4) is 0 Å². The van der Waals surface area contributed by atoms with Gasteiger partial charge in [-0.05, 0) is 114 Å². The van der Waals surface area contributed by atoms with Gasteiger partial charge in [0.2, 0.25) is 0 Å². The number of nitrogens with zero attached hydrogens (tertiary/aromatic N) is 6. The molecule has 0 spiro atoms. The van der Waals surface area contributed by atoms with E-state index in [9.17, 15) is 34.2 Å². The van der Waals surface area contributed by atoms with E-state index in [0.29, 0.717) is 61.8 Å². The molecule has 0 aromatic carbocycles. The Hall–Kier alpha value is -4.95. The zero-order valence-electron chi connectivity index (χ0n) is 32.1. The molecule has 2 aromatic rings. The summed E-state index contributed by atoms with van der Waals surface area (Å²) in [5, 5.41) is 20.3. The third kappa shape index (κ3) is 11.3. The molecule has 0 saturated carbocycles. The fourth-order valence-electron chi connectivity index (χ4n) is 6.57. The van der Waals surface area contributed by atoms with Crippen molar-refractivity contribution < 1.29 is 43.7 Å². The Balaban J connectivity index is 1.39. The van der Waals surface area contributed by atoms with Crippen molar-refractivity contribution in [2.75, 3.05) is 49.6 Å². The quantitative estimate of drug-likeness (QED) is 0.262. The molecule has 15 heteroatoms. The largest absolute Gasteiger partial charge is 0.481 e. The number of hydrogen-bond acceptors (Lipinski definition) is 9. The predicted octanol–water partition coefficient (Wildman–Crippen LogP) is 5.56. The maximum absolute atomic E-state index is 13.7. The smallest absolute Gasteiger partial charge is 0.410 e. The summed E-state index contributed by atoms with van der Waals surface area (Å²) in [5.41, 5.74) is 0.126. The van der Waals surface area contributed by atoms with Crippen molar-refractivity contribution in [1.29, 1.82) is 0 Å². The van der Waals surface area contributed by atoms with Crippen LogP contribution < -0.4 is 9.80 Å². The van der Waals surface area contributed by atoms with Crippen molar-refractivity contribution in [1.82, 2.24) is 19.8 Å². The first-order chi connectivity index (χ1) is 24.7. The van der Waals surface area contributed by atoms with Crippen molar-refractivity contribution in [3.8, 4) is 0 Å². The van der Waals surface area contributed by atoms with E-state index in [0.717, 1.165) is 0 Å². The summed E-state index contributed by atoms with van der Waals surface area (Å²) in [7, 11) is 1.62. The minimum Gasteiger partial charge on any atom is -0.481 e. The van der Waals surface area contributed by atoms with Crippen LogP contribution in [0.4, 0.5) is 26.0 Å². The van der Waals surface area contributed by atoms with Crippen molar-refractivity contribution in [2.45, 2.75) is 85.4 Å². The minimum absolute atomic E-state index is 0.202. The number of likely N-dealkylation sites (tertiary alicyclic amines) is 1. The lowest BCUT2D eigenvalue weighted by Gasteiger charge is -2.27. The molecule has 4 heterocycles. The first-order valence-corrected chi connectivity index (χ1v) is 18.1. The van der Waals surface area contributed by atoms with Crippen molar-refractivity contribution in [3.05, 3.63) is 47.8 Å². The molecule has 4 atom stereocenters. The van der Waals surface area contributed by atoms with Crippen LogP contribution in [0, 0.1) is 23.7 Å². The number of aliphatic carboxylic acids is 2. The van der Waals surface area contributed by atoms with Gasteiger partial charge >= 0.3 is 30.2 Å². The molecule has 2 aromatic heterocycles. The molecule has 0 unspecified atom stereocenters. The molecule has 2 aliphatic heterocycles. The number of carboxylic acids is 2. The van der Waals surface area contributed by atoms with Crippen LogP contribution in [0.25, 0.3) is 0 Å². The first kappa shape index (κ1) is 40.8. The third-order valence-electron chi connectivity index (χ3n) is 9.48. The summed E-state index contributed by atoms with van der Waals surface area (Å²) < 4.78 is 10.9. The van der Waals surface area contributed by atoms with E-state index in [1.54, 1.807) is 90.1 Å². The van der Waals surface area contributed by atoms with Crippen molar-refractivity contribution in [3.63, 3.8) is 0 Å². The van der Waals surface area contributed by atoms with Crippen LogP contribution >= 0.6 is 0 Å². The second-order valence-corrected chi connectivity index (χ2v) is 16.1. The number of carbonyl (C=O) groups excluding carboxylic acids is 3. The fraction of sp³-hybridized carbons (Fsp3) is 0.605. The van der Waals surface area contributed by atoms with E-state index in [4.69, 9.17) is 9.47 Å². The zero-order valence-corrected chi connectivity index (χ0v) is 32.1. The van der Waals surface area contributed by atoms with Crippen LogP contribution in [0.2, 0.25) is 0 Å². The van der Waals surface area contributed by atoms with Crippen LogP contribution in [-0.4, -0.2) is 111 Å². The predicted molar refractivity (Wildman–Crippen MR) is 197 cm³/mol. The van der Waals surface area contributed by atoms with E-state index in [2.05, 4.69) is 9.97 Å². The number of amides is 4. The van der Waals surface area contributed by atoms with Crippen LogP contribution in [0.5, 0.6) is 0 Å². The minimum atomic E-state index is -0.957. The Morgan fingerprint density at radius 3 is 1.92 bits per heavy atom. The number of ether oxygens (including phenoxy) is 2. The summed E-state index contributed by atoms with van der Waals surface area (Å²) in [6.07, 6.45) is 3.59. The van der Waals surface area contributed by atoms with Gasteiger partial charge in [-0.15, -0.1) is 0 Å². The summed E-state index contributed by atoms with van der Waals surface area (Å²) in [5.74, 6) is -3.17. The van der Waals surface area contributed by atoms with Crippen LogP contribution in [-0.2, 0) is 31.9 Å². The molecule has 15 nitrogen and oxygen atoms in total. The lowest BCUT2D eigenvalue weighted by molar-refractivity contribution is -0.144. The van der Waals surface area contributed by atoms with Gasteiger partial charge in [-0.25, -0.2) is 24.4 Å². The summed E-state index contributed by atoms with van der Waals surface area (Å²) in [4.78, 5) is 78.2. The van der Waals surface area contributed by atoms with Gasteiger partial charge in [-0.1, -0.05) is 6.92 Å². The molecule has 4 rings (SSSR count). The molecule has 2 N–H and O–H groups in total. The molecule has 290 valence electrons. The molecule has 0 radical (unpaired) electrons. The van der Waals surface area contributed by atoms with Gasteiger partial charge < -0.3 is 29.5 Å². The van der Waals surface area contributed by atoms with Gasteiger partial charge in [-0.2, -0.15) is 0 Å². The molecule has 53 heavy (non-hydrogen) atoms. The maximum atomic E-state index is 13.7. The first-order valence-electron chi connectivity index (χ1n) is 18.1. The van der Waals surface area contributed by atoms with Gasteiger partial charge in [0, 0.05) is 52.2 Å². The Labute approximate surface area is 311 Å². The number of carboxylic acid groups (broad SMARTS) is 2.